The molecule has 4 heteroatoms. The number of hydrogen-bond donors (Lipinski definition) is 2. The fourth-order valence-corrected chi connectivity index (χ4v) is 0.832. The third-order valence-corrected chi connectivity index (χ3v) is 1.86. The molecule has 0 radical (unpaired) electrons. The minimum atomic E-state index is -2.58. The lowest BCUT2D eigenvalue weighted by Crippen LogP contribution is -1.93. The van der Waals surface area contributed by atoms with Crippen LogP contribution >= 0.6 is 8.03 Å². The zero-order valence-electron chi connectivity index (χ0n) is 7.13. The predicted molar refractivity (Wildman–Crippen MR) is 53.4 cm³/mol. The van der Waals surface area contributed by atoms with E-state index in [-0.39, 0.29) is 0 Å². The topological polar surface area (TPSA) is 57.5 Å². The lowest BCUT2D eigenvalue weighted by molar-refractivity contribution is 0.281. The van der Waals surface area contributed by atoms with Crippen molar-refractivity contribution < 1.29 is 14.6 Å². The summed E-state index contributed by atoms with van der Waals surface area (Å²) < 4.78 is 10.3. The molecular weight excluding hydrogens is 187 g/mol. The van der Waals surface area contributed by atoms with E-state index in [4.69, 9.17) is 10.00 Å². The normalized spacial score (nSPS) is 15.5. The van der Waals surface area contributed by atoms with Gasteiger partial charge < -0.3 is 5.11 Å². The summed E-state index contributed by atoms with van der Waals surface area (Å²) in [6.07, 6.45) is 7.52. The van der Waals surface area contributed by atoms with Crippen molar-refractivity contribution in [2.75, 3.05) is 0 Å². The van der Waals surface area contributed by atoms with Crippen molar-refractivity contribution in [2.45, 2.75) is 5.85 Å². The van der Waals surface area contributed by atoms with E-state index >= 15 is 0 Å². The Morgan fingerprint density at radius 1 is 1.46 bits per heavy atom. The zero-order valence-corrected chi connectivity index (χ0v) is 8.02. The van der Waals surface area contributed by atoms with Crippen molar-refractivity contribution in [1.82, 2.24) is 0 Å². The summed E-state index contributed by atoms with van der Waals surface area (Å²) in [5.74, 6) is -1.33. The molecular formula is C9H12O3P+. The summed E-state index contributed by atoms with van der Waals surface area (Å²) in [6, 6.07) is 0. The number of rotatable bonds is 5. The van der Waals surface area contributed by atoms with Crippen LogP contribution in [0.1, 0.15) is 0 Å². The number of aliphatic hydroxyl groups is 1. The minimum absolute atomic E-state index is 0.714. The summed E-state index contributed by atoms with van der Waals surface area (Å²) >= 11 is 0. The quantitative estimate of drug-likeness (QED) is 0.525. The third-order valence-electron chi connectivity index (χ3n) is 1.23. The molecule has 3 nitrogen and oxygen atoms in total. The largest absolute Gasteiger partial charge is 0.542 e. The van der Waals surface area contributed by atoms with Gasteiger partial charge in [0.25, 0.3) is 0 Å². The molecule has 13 heavy (non-hydrogen) atoms. The maximum absolute atomic E-state index is 10.3. The Morgan fingerprint density at radius 2 is 2.08 bits per heavy atom. The van der Waals surface area contributed by atoms with E-state index in [1.54, 1.807) is 18.2 Å². The van der Waals surface area contributed by atoms with Gasteiger partial charge in [0.2, 0.25) is 0 Å². The molecule has 0 aromatic carbocycles. The van der Waals surface area contributed by atoms with E-state index in [0.717, 1.165) is 0 Å². The fourth-order valence-electron chi connectivity index (χ4n) is 0.599. The monoisotopic (exact) mass is 199 g/mol. The van der Waals surface area contributed by atoms with Crippen molar-refractivity contribution in [1.29, 1.82) is 0 Å². The average Bonchev–Trinajstić information content (AvgIpc) is 2.11. The molecule has 0 saturated heterocycles. The molecule has 0 saturated carbocycles. The van der Waals surface area contributed by atoms with Gasteiger partial charge in [0.1, 0.15) is 0 Å². The van der Waals surface area contributed by atoms with Crippen LogP contribution in [0.25, 0.3) is 0 Å². The molecule has 0 spiro atoms. The average molecular weight is 199 g/mol. The Hall–Kier alpha value is -1.02. The van der Waals surface area contributed by atoms with Gasteiger partial charge >= 0.3 is 13.9 Å². The molecule has 0 aromatic heterocycles. The van der Waals surface area contributed by atoms with E-state index in [0.29, 0.717) is 5.57 Å². The Labute approximate surface area is 78.3 Å². The first-order valence-electron chi connectivity index (χ1n) is 3.58. The van der Waals surface area contributed by atoms with Crippen molar-refractivity contribution >= 4 is 8.03 Å². The van der Waals surface area contributed by atoms with E-state index < -0.39 is 13.9 Å². The molecule has 0 aliphatic carbocycles. The molecule has 0 amide bonds. The zero-order chi connectivity index (χ0) is 10.3. The smallest absolute Gasteiger partial charge is 0.345 e. The SMILES string of the molecule is C=C/C=C(C=C)/C=C/C(O)[P+](=O)O. The van der Waals surface area contributed by atoms with Gasteiger partial charge in [-0.05, 0) is 16.2 Å². The number of allylic oxidation sites excluding steroid dienone is 5. The Balaban J connectivity index is 4.39. The van der Waals surface area contributed by atoms with Crippen molar-refractivity contribution in [3.8, 4) is 0 Å². The summed E-state index contributed by atoms with van der Waals surface area (Å²) in [6.45, 7) is 7.00. The van der Waals surface area contributed by atoms with Crippen LogP contribution in [0.5, 0.6) is 0 Å². The second kappa shape index (κ2) is 6.49. The van der Waals surface area contributed by atoms with E-state index in [1.807, 2.05) is 0 Å². The molecule has 0 aromatic rings. The molecule has 0 aliphatic rings. The lowest BCUT2D eigenvalue weighted by Gasteiger charge is -1.90. The summed E-state index contributed by atoms with van der Waals surface area (Å²) in [7, 11) is -2.58. The number of aliphatic hydroxyl groups excluding tert-OH is 1. The first-order chi connectivity index (χ1) is 6.11. The summed E-state index contributed by atoms with van der Waals surface area (Å²) in [5.41, 5.74) is 0.714. The third kappa shape index (κ3) is 5.26. The molecule has 70 valence electrons. The summed E-state index contributed by atoms with van der Waals surface area (Å²) in [4.78, 5) is 8.48. The molecule has 0 heterocycles. The van der Waals surface area contributed by atoms with Gasteiger partial charge in [0.15, 0.2) is 0 Å². The lowest BCUT2D eigenvalue weighted by atomic mass is 10.2. The van der Waals surface area contributed by atoms with Crippen LogP contribution in [0.2, 0.25) is 0 Å². The first-order valence-corrected chi connectivity index (χ1v) is 4.86. The molecule has 2 unspecified atom stereocenters. The van der Waals surface area contributed by atoms with Crippen LogP contribution in [0, 0.1) is 0 Å². The first kappa shape index (κ1) is 12.0. The molecule has 0 bridgehead atoms. The molecule has 0 rings (SSSR count). The van der Waals surface area contributed by atoms with Crippen LogP contribution in [0.3, 0.4) is 0 Å². The van der Waals surface area contributed by atoms with Crippen molar-refractivity contribution in [3.63, 3.8) is 0 Å². The standard InChI is InChI=1S/C9H11O3P/c1-3-5-8(4-2)6-7-9(10)13(11)12/h3-7,9-10H,1-2H2/p+1/b7-6+,8-5+. The van der Waals surface area contributed by atoms with Crippen molar-refractivity contribution in [2.24, 2.45) is 0 Å². The molecule has 2 N–H and O–H groups in total. The van der Waals surface area contributed by atoms with Gasteiger partial charge in [-0.25, -0.2) is 0 Å². The summed E-state index contributed by atoms with van der Waals surface area (Å²) in [5, 5.41) is 8.93. The highest BCUT2D eigenvalue weighted by Crippen LogP contribution is 2.20. The minimum Gasteiger partial charge on any atom is -0.345 e. The maximum atomic E-state index is 10.3. The predicted octanol–water partition coefficient (Wildman–Crippen LogP) is 1.89. The Morgan fingerprint density at radius 3 is 2.46 bits per heavy atom. The second-order valence-corrected chi connectivity index (χ2v) is 3.32. The van der Waals surface area contributed by atoms with Crippen LogP contribution in [0.4, 0.5) is 0 Å². The number of hydrogen-bond acceptors (Lipinski definition) is 2. The van der Waals surface area contributed by atoms with Gasteiger partial charge in [-0.3, -0.25) is 0 Å². The van der Waals surface area contributed by atoms with Crippen molar-refractivity contribution in [3.05, 3.63) is 49.1 Å². The van der Waals surface area contributed by atoms with E-state index in [1.165, 1.54) is 12.2 Å². The Kier molecular flexibility index (Phi) is 5.98. The van der Waals surface area contributed by atoms with Crippen LogP contribution in [-0.4, -0.2) is 15.8 Å². The highest BCUT2D eigenvalue weighted by Gasteiger charge is 2.21. The van der Waals surface area contributed by atoms with Crippen LogP contribution in [0.15, 0.2) is 49.1 Å². The highest BCUT2D eigenvalue weighted by atomic mass is 31.1. The molecule has 0 aliphatic heterocycles. The second-order valence-electron chi connectivity index (χ2n) is 2.18. The highest BCUT2D eigenvalue weighted by molar-refractivity contribution is 7.38. The van der Waals surface area contributed by atoms with E-state index in [9.17, 15) is 4.57 Å². The van der Waals surface area contributed by atoms with E-state index in [2.05, 4.69) is 13.2 Å². The van der Waals surface area contributed by atoms with Gasteiger partial charge in [-0.15, -0.1) is 0 Å². The fraction of sp³-hybridized carbons (Fsp3) is 0.111. The van der Waals surface area contributed by atoms with Gasteiger partial charge in [0, 0.05) is 0 Å². The molecule has 2 atom stereocenters. The van der Waals surface area contributed by atoms with Crippen LogP contribution in [-0.2, 0) is 4.57 Å². The Bertz CT molecular complexity index is 266. The van der Waals surface area contributed by atoms with Gasteiger partial charge in [-0.2, -0.15) is 4.89 Å². The van der Waals surface area contributed by atoms with Crippen LogP contribution < -0.4 is 0 Å². The molecule has 0 fully saturated rings. The van der Waals surface area contributed by atoms with Gasteiger partial charge in [-0.1, -0.05) is 37.5 Å². The van der Waals surface area contributed by atoms with Gasteiger partial charge in [0.05, 0.1) is 0 Å². The maximum Gasteiger partial charge on any atom is 0.542 e.